The number of amides is 1. The highest BCUT2D eigenvalue weighted by Gasteiger charge is 2.34. The number of nitrogens with one attached hydrogen (secondary N) is 1. The van der Waals surface area contributed by atoms with Crippen LogP contribution >= 0.6 is 11.3 Å². The van der Waals surface area contributed by atoms with Gasteiger partial charge in [-0.1, -0.05) is 74.5 Å². The minimum Gasteiger partial charge on any atom is -0.465 e. The number of nitrogens with zero attached hydrogens (tertiary/aromatic N) is 3. The van der Waals surface area contributed by atoms with Crippen LogP contribution in [0.4, 0.5) is 4.79 Å². The van der Waals surface area contributed by atoms with E-state index in [4.69, 9.17) is 0 Å². The van der Waals surface area contributed by atoms with Crippen molar-refractivity contribution in [3.05, 3.63) is 107 Å². The molecule has 0 spiro atoms. The molecule has 1 amide bonds. The molecule has 7 nitrogen and oxygen atoms in total. The van der Waals surface area contributed by atoms with Gasteiger partial charge in [-0.3, -0.25) is 14.9 Å². The van der Waals surface area contributed by atoms with Crippen molar-refractivity contribution in [1.82, 2.24) is 20.2 Å². The summed E-state index contributed by atoms with van der Waals surface area (Å²) in [6.45, 7) is 5.68. The third-order valence-corrected chi connectivity index (χ3v) is 7.48. The maximum atomic E-state index is 11.8. The minimum atomic E-state index is -1.15. The Morgan fingerprint density at radius 1 is 0.974 bits per heavy atom. The lowest BCUT2D eigenvalue weighted by Crippen LogP contribution is -2.56. The topological polar surface area (TPSA) is 98.6 Å². The number of hydrogen-bond acceptors (Lipinski definition) is 6. The van der Waals surface area contributed by atoms with Crippen LogP contribution in [0.2, 0.25) is 0 Å². The Morgan fingerprint density at radius 2 is 1.72 bits per heavy atom. The van der Waals surface area contributed by atoms with Gasteiger partial charge in [0.25, 0.3) is 0 Å². The van der Waals surface area contributed by atoms with E-state index >= 15 is 0 Å². The summed E-state index contributed by atoms with van der Waals surface area (Å²) in [5.74, 6) is 0.342. The molecule has 0 saturated carbocycles. The SMILES string of the molecule is CC(C)CN(Cc1ccc(-c2ccccn2)cc1)C(Cc1cncs1)[C@H](O)[C@H](Cc1ccccc1)NC(=O)O. The van der Waals surface area contributed by atoms with Crippen molar-refractivity contribution in [2.75, 3.05) is 6.54 Å². The summed E-state index contributed by atoms with van der Waals surface area (Å²) in [5, 5.41) is 24.1. The van der Waals surface area contributed by atoms with Crippen molar-refractivity contribution < 1.29 is 15.0 Å². The fraction of sp³-hybridized carbons (Fsp3) is 0.323. The van der Waals surface area contributed by atoms with Crippen LogP contribution in [0, 0.1) is 5.92 Å². The smallest absolute Gasteiger partial charge is 0.404 e. The monoisotopic (exact) mass is 544 g/mol. The highest BCUT2D eigenvalue weighted by atomic mass is 32.1. The van der Waals surface area contributed by atoms with Crippen molar-refractivity contribution in [2.24, 2.45) is 5.92 Å². The first-order chi connectivity index (χ1) is 18.9. The molecule has 0 saturated heterocycles. The Balaban J connectivity index is 1.63. The van der Waals surface area contributed by atoms with Gasteiger partial charge in [0.2, 0.25) is 0 Å². The number of aliphatic hydroxyl groups is 1. The molecule has 4 aromatic rings. The van der Waals surface area contributed by atoms with Gasteiger partial charge in [-0.25, -0.2) is 4.79 Å². The average molecular weight is 545 g/mol. The molecule has 204 valence electrons. The number of rotatable bonds is 13. The number of benzene rings is 2. The highest BCUT2D eigenvalue weighted by molar-refractivity contribution is 7.09. The van der Waals surface area contributed by atoms with Crippen LogP contribution in [0.25, 0.3) is 11.3 Å². The van der Waals surface area contributed by atoms with Gasteiger partial charge >= 0.3 is 6.09 Å². The standard InChI is InChI=1S/C31H36N4O3S/c1-22(2)19-35(20-24-11-13-25(14-12-24)27-10-6-7-15-33-27)29(17-26-18-32-21-39-26)30(36)28(34-31(37)38)16-23-8-4-3-5-9-23/h3-15,18,21-22,28-30,34,36H,16-17,19-20H2,1-2H3,(H,37,38)/t28-,29?,30+/m0/s1. The summed E-state index contributed by atoms with van der Waals surface area (Å²) in [6.07, 6.45) is 2.48. The molecule has 39 heavy (non-hydrogen) atoms. The van der Waals surface area contributed by atoms with Crippen molar-refractivity contribution in [1.29, 1.82) is 0 Å². The Morgan fingerprint density at radius 3 is 2.33 bits per heavy atom. The third-order valence-electron chi connectivity index (χ3n) is 6.68. The average Bonchev–Trinajstić information content (AvgIpc) is 3.45. The van der Waals surface area contributed by atoms with Gasteiger partial charge in [0.1, 0.15) is 0 Å². The lowest BCUT2D eigenvalue weighted by molar-refractivity contribution is 0.0149. The van der Waals surface area contributed by atoms with E-state index in [1.807, 2.05) is 54.7 Å². The molecule has 0 aliphatic heterocycles. The van der Waals surface area contributed by atoms with E-state index in [0.29, 0.717) is 25.3 Å². The second kappa shape index (κ2) is 14.0. The van der Waals surface area contributed by atoms with Crippen LogP contribution in [0.3, 0.4) is 0 Å². The Bertz CT molecular complexity index is 1270. The molecular weight excluding hydrogens is 508 g/mol. The van der Waals surface area contributed by atoms with Gasteiger partial charge in [-0.05, 0) is 35.6 Å². The van der Waals surface area contributed by atoms with Gasteiger partial charge < -0.3 is 15.5 Å². The number of aromatic nitrogens is 2. The van der Waals surface area contributed by atoms with Crippen LogP contribution in [-0.4, -0.2) is 55.9 Å². The number of hydrogen-bond donors (Lipinski definition) is 3. The summed E-state index contributed by atoms with van der Waals surface area (Å²) in [5.41, 5.74) is 5.84. The van der Waals surface area contributed by atoms with Gasteiger partial charge in [-0.15, -0.1) is 11.3 Å². The summed E-state index contributed by atoms with van der Waals surface area (Å²) >= 11 is 1.55. The first-order valence-corrected chi connectivity index (χ1v) is 14.1. The lowest BCUT2D eigenvalue weighted by Gasteiger charge is -2.39. The fourth-order valence-corrected chi connectivity index (χ4v) is 5.55. The maximum absolute atomic E-state index is 11.8. The van der Waals surface area contributed by atoms with E-state index in [1.165, 1.54) is 0 Å². The summed E-state index contributed by atoms with van der Waals surface area (Å²) < 4.78 is 0. The predicted molar refractivity (Wildman–Crippen MR) is 156 cm³/mol. The Hall–Kier alpha value is -3.59. The molecule has 0 bridgehead atoms. The molecule has 1 unspecified atom stereocenters. The second-order valence-electron chi connectivity index (χ2n) is 10.2. The van der Waals surface area contributed by atoms with Crippen LogP contribution in [0.1, 0.15) is 29.9 Å². The Labute approximate surface area is 234 Å². The molecule has 0 radical (unpaired) electrons. The molecule has 3 atom stereocenters. The second-order valence-corrected chi connectivity index (χ2v) is 11.2. The van der Waals surface area contributed by atoms with E-state index < -0.39 is 18.2 Å². The van der Waals surface area contributed by atoms with Crippen LogP contribution in [0.5, 0.6) is 0 Å². The number of aliphatic hydroxyl groups excluding tert-OH is 1. The molecule has 2 aromatic heterocycles. The molecule has 0 aliphatic rings. The molecule has 0 aliphatic carbocycles. The number of pyridine rings is 1. The molecule has 2 heterocycles. The van der Waals surface area contributed by atoms with Gasteiger partial charge in [-0.2, -0.15) is 0 Å². The molecule has 0 fully saturated rings. The van der Waals surface area contributed by atoms with E-state index in [9.17, 15) is 15.0 Å². The van der Waals surface area contributed by atoms with Gasteiger partial charge in [0.05, 0.1) is 23.4 Å². The predicted octanol–water partition coefficient (Wildman–Crippen LogP) is 5.51. The molecule has 4 rings (SSSR count). The van der Waals surface area contributed by atoms with E-state index in [-0.39, 0.29) is 6.04 Å². The van der Waals surface area contributed by atoms with E-state index in [1.54, 1.807) is 23.0 Å². The molecule has 3 N–H and O–H groups in total. The summed E-state index contributed by atoms with van der Waals surface area (Å²) in [4.78, 5) is 23.8. The third kappa shape index (κ3) is 8.45. The Kier molecular flexibility index (Phi) is 10.2. The zero-order chi connectivity index (χ0) is 27.6. The van der Waals surface area contributed by atoms with Crippen molar-refractivity contribution in [3.63, 3.8) is 0 Å². The minimum absolute atomic E-state index is 0.330. The van der Waals surface area contributed by atoms with E-state index in [0.717, 1.165) is 33.8 Å². The summed E-state index contributed by atoms with van der Waals surface area (Å²) in [7, 11) is 0. The van der Waals surface area contributed by atoms with Gasteiger partial charge in [0, 0.05) is 48.4 Å². The first kappa shape index (κ1) is 28.4. The van der Waals surface area contributed by atoms with E-state index in [2.05, 4.69) is 58.3 Å². The molecule has 8 heteroatoms. The zero-order valence-electron chi connectivity index (χ0n) is 22.4. The largest absolute Gasteiger partial charge is 0.465 e. The normalized spacial score (nSPS) is 13.8. The number of carbonyl (C=O) groups is 1. The molecular formula is C31H36N4O3S. The van der Waals surface area contributed by atoms with Crippen molar-refractivity contribution in [3.8, 4) is 11.3 Å². The lowest BCUT2D eigenvalue weighted by atomic mass is 9.92. The molecule has 2 aromatic carbocycles. The maximum Gasteiger partial charge on any atom is 0.404 e. The first-order valence-electron chi connectivity index (χ1n) is 13.2. The quantitative estimate of drug-likeness (QED) is 0.205. The van der Waals surface area contributed by atoms with Crippen molar-refractivity contribution >= 4 is 17.4 Å². The van der Waals surface area contributed by atoms with Crippen LogP contribution in [0.15, 0.2) is 90.7 Å². The summed E-state index contributed by atoms with van der Waals surface area (Å²) in [6, 6.07) is 22.9. The number of carboxylic acid groups (broad SMARTS) is 1. The van der Waals surface area contributed by atoms with Crippen molar-refractivity contribution in [2.45, 2.75) is 51.4 Å². The number of thiazole rings is 1. The van der Waals surface area contributed by atoms with Crippen LogP contribution in [-0.2, 0) is 19.4 Å². The fourth-order valence-electron chi connectivity index (χ4n) is 4.90. The van der Waals surface area contributed by atoms with Crippen LogP contribution < -0.4 is 5.32 Å². The van der Waals surface area contributed by atoms with Gasteiger partial charge in [0.15, 0.2) is 0 Å². The zero-order valence-corrected chi connectivity index (χ0v) is 23.2. The highest BCUT2D eigenvalue weighted by Crippen LogP contribution is 2.24.